The normalized spacial score (nSPS) is 9.18. The highest BCUT2D eigenvalue weighted by molar-refractivity contribution is 5.66. The Hall–Kier alpha value is -1.56. The van der Waals surface area contributed by atoms with Gasteiger partial charge in [-0.05, 0) is 26.0 Å². The molecule has 0 aliphatic rings. The van der Waals surface area contributed by atoms with Crippen LogP contribution in [0.25, 0.3) is 4.98 Å². The van der Waals surface area contributed by atoms with Gasteiger partial charge in [-0.1, -0.05) is 0 Å². The van der Waals surface area contributed by atoms with E-state index in [1.165, 1.54) is 0 Å². The summed E-state index contributed by atoms with van der Waals surface area (Å²) in [5.74, 6) is 0. The molecule has 0 aromatic heterocycles. The third-order valence-electron chi connectivity index (χ3n) is 1.77. The van der Waals surface area contributed by atoms with Crippen LogP contribution in [0, 0.1) is 19.2 Å². The molecule has 0 amide bonds. The van der Waals surface area contributed by atoms with Crippen LogP contribution in [0.1, 0.15) is 11.1 Å². The van der Waals surface area contributed by atoms with E-state index >= 15 is 0 Å². The Kier molecular flexibility index (Phi) is 1.77. The second-order valence-electron chi connectivity index (χ2n) is 2.55. The maximum Gasteiger partial charge on any atom is 0.392 e. The van der Waals surface area contributed by atoms with Crippen molar-refractivity contribution in [2.24, 2.45) is 0 Å². The summed E-state index contributed by atoms with van der Waals surface area (Å²) in [7, 11) is 0. The first kappa shape index (κ1) is 7.55. The van der Waals surface area contributed by atoms with Gasteiger partial charge in [-0.2, -0.15) is 0 Å². The lowest BCUT2D eigenvalue weighted by atomic mass is 10.1. The maximum absolute atomic E-state index is 8.59. The summed E-state index contributed by atoms with van der Waals surface area (Å²) >= 11 is 0. The number of nitrogens with two attached hydrogens (primary N) is 1. The van der Waals surface area contributed by atoms with Gasteiger partial charge in [-0.3, -0.25) is 0 Å². The molecule has 56 valence electrons. The van der Waals surface area contributed by atoms with Crippen molar-refractivity contribution < 1.29 is 0 Å². The number of anilines is 1. The summed E-state index contributed by atoms with van der Waals surface area (Å²) in [5, 5.41) is 8.59. The smallest absolute Gasteiger partial charge is 0.392 e. The van der Waals surface area contributed by atoms with Crippen molar-refractivity contribution in [2.75, 3.05) is 5.73 Å². The van der Waals surface area contributed by atoms with Gasteiger partial charge < -0.3 is 5.73 Å². The summed E-state index contributed by atoms with van der Waals surface area (Å²) in [5.41, 5.74) is 8.58. The first-order valence-corrected chi connectivity index (χ1v) is 3.37. The van der Waals surface area contributed by atoms with Crippen molar-refractivity contribution in [3.05, 3.63) is 28.2 Å². The zero-order chi connectivity index (χ0) is 8.43. The van der Waals surface area contributed by atoms with E-state index in [0.29, 0.717) is 11.4 Å². The molecule has 11 heavy (non-hydrogen) atoms. The highest BCUT2D eigenvalue weighted by atomic mass is 14.9. The first-order chi connectivity index (χ1) is 5.16. The molecule has 0 bridgehead atoms. The molecule has 0 saturated heterocycles. The van der Waals surface area contributed by atoms with Crippen molar-refractivity contribution >= 4 is 11.4 Å². The third kappa shape index (κ3) is 1.15. The molecule has 0 unspecified atom stereocenters. The Bertz CT molecular complexity index is 323. The molecule has 3 nitrogen and oxygen atoms in total. The minimum Gasteiger partial charge on any atom is -0.398 e. The van der Waals surface area contributed by atoms with Crippen LogP contribution < -0.4 is 5.73 Å². The predicted molar refractivity (Wildman–Crippen MR) is 45.1 cm³/mol. The summed E-state index contributed by atoms with van der Waals surface area (Å²) in [6.45, 7) is 3.71. The molecule has 0 radical (unpaired) electrons. The Morgan fingerprint density at radius 3 is 2.45 bits per heavy atom. The SMILES string of the molecule is Cc1ccc(N)c(C)c1[N+]#N. The Labute approximate surface area is 65.5 Å². The lowest BCUT2D eigenvalue weighted by Gasteiger charge is -1.95. The van der Waals surface area contributed by atoms with E-state index in [1.54, 1.807) is 6.07 Å². The minimum absolute atomic E-state index is 0.574. The van der Waals surface area contributed by atoms with Crippen molar-refractivity contribution in [2.45, 2.75) is 13.8 Å². The van der Waals surface area contributed by atoms with Gasteiger partial charge in [0.2, 0.25) is 5.39 Å². The first-order valence-electron chi connectivity index (χ1n) is 3.37. The molecule has 0 fully saturated rings. The summed E-state index contributed by atoms with van der Waals surface area (Å²) < 4.78 is 0. The van der Waals surface area contributed by atoms with Crippen LogP contribution in [0.3, 0.4) is 0 Å². The standard InChI is InChI=1S/C8H10N3/c1-5-3-4-7(9)6(2)8(5)11-10/h3-4H,9H2,1-2H3/q+1. The summed E-state index contributed by atoms with van der Waals surface area (Å²) in [6, 6.07) is 3.64. The number of rotatable bonds is 0. The van der Waals surface area contributed by atoms with Crippen LogP contribution in [-0.4, -0.2) is 0 Å². The summed E-state index contributed by atoms with van der Waals surface area (Å²) in [6.07, 6.45) is 0. The predicted octanol–water partition coefficient (Wildman–Crippen LogP) is 2.37. The van der Waals surface area contributed by atoms with Crippen molar-refractivity contribution in [1.29, 1.82) is 5.39 Å². The number of aryl methyl sites for hydroxylation is 1. The molecule has 1 aromatic carbocycles. The van der Waals surface area contributed by atoms with E-state index in [1.807, 2.05) is 19.9 Å². The van der Waals surface area contributed by atoms with E-state index in [4.69, 9.17) is 11.1 Å². The fourth-order valence-electron chi connectivity index (χ4n) is 1.01. The number of hydrogen-bond acceptors (Lipinski definition) is 2. The molecule has 0 heterocycles. The van der Waals surface area contributed by atoms with Crippen molar-refractivity contribution in [3.8, 4) is 0 Å². The number of benzene rings is 1. The van der Waals surface area contributed by atoms with E-state index in [0.717, 1.165) is 11.1 Å². The number of diazo groups is 1. The molecular formula is C8H10N3+. The number of hydrogen-bond donors (Lipinski definition) is 1. The molecule has 0 spiro atoms. The second-order valence-corrected chi connectivity index (χ2v) is 2.55. The number of nitrogen functional groups attached to an aromatic ring is 1. The quantitative estimate of drug-likeness (QED) is 0.453. The Morgan fingerprint density at radius 2 is 2.00 bits per heavy atom. The fraction of sp³-hybridized carbons (Fsp3) is 0.250. The molecule has 2 N–H and O–H groups in total. The fourth-order valence-corrected chi connectivity index (χ4v) is 1.01. The summed E-state index contributed by atoms with van der Waals surface area (Å²) in [4.78, 5) is 3.15. The third-order valence-corrected chi connectivity index (χ3v) is 1.77. The molecule has 0 atom stereocenters. The van der Waals surface area contributed by atoms with Gasteiger partial charge in [-0.15, -0.1) is 0 Å². The monoisotopic (exact) mass is 148 g/mol. The van der Waals surface area contributed by atoms with Gasteiger partial charge in [0.15, 0.2) is 4.98 Å². The molecule has 1 aromatic rings. The van der Waals surface area contributed by atoms with Crippen LogP contribution in [0.2, 0.25) is 0 Å². The van der Waals surface area contributed by atoms with Crippen LogP contribution >= 0.6 is 0 Å². The zero-order valence-electron chi connectivity index (χ0n) is 6.63. The Morgan fingerprint density at radius 1 is 1.36 bits per heavy atom. The van der Waals surface area contributed by atoms with Gasteiger partial charge in [0.25, 0.3) is 0 Å². The van der Waals surface area contributed by atoms with Gasteiger partial charge in [0.1, 0.15) is 0 Å². The van der Waals surface area contributed by atoms with Gasteiger partial charge in [-0.25, -0.2) is 0 Å². The average molecular weight is 148 g/mol. The van der Waals surface area contributed by atoms with Gasteiger partial charge in [0.05, 0.1) is 5.56 Å². The van der Waals surface area contributed by atoms with E-state index < -0.39 is 0 Å². The van der Waals surface area contributed by atoms with Crippen LogP contribution in [-0.2, 0) is 0 Å². The average Bonchev–Trinajstić information content (AvgIpc) is 1.99. The van der Waals surface area contributed by atoms with Crippen molar-refractivity contribution in [1.82, 2.24) is 0 Å². The molecule has 0 aliphatic heterocycles. The van der Waals surface area contributed by atoms with Crippen LogP contribution in [0.4, 0.5) is 11.4 Å². The molecule has 3 heteroatoms. The second kappa shape index (κ2) is 2.59. The van der Waals surface area contributed by atoms with Crippen LogP contribution in [0.15, 0.2) is 12.1 Å². The molecule has 0 aliphatic carbocycles. The highest BCUT2D eigenvalue weighted by Crippen LogP contribution is 2.27. The van der Waals surface area contributed by atoms with E-state index in [9.17, 15) is 0 Å². The minimum atomic E-state index is 0.574. The van der Waals surface area contributed by atoms with Gasteiger partial charge >= 0.3 is 5.69 Å². The van der Waals surface area contributed by atoms with E-state index in [2.05, 4.69) is 4.98 Å². The largest absolute Gasteiger partial charge is 0.398 e. The molecule has 0 saturated carbocycles. The van der Waals surface area contributed by atoms with Crippen LogP contribution in [0.5, 0.6) is 0 Å². The molecule has 1 rings (SSSR count). The molecular weight excluding hydrogens is 138 g/mol. The van der Waals surface area contributed by atoms with Crippen molar-refractivity contribution in [3.63, 3.8) is 0 Å². The maximum atomic E-state index is 8.59. The highest BCUT2D eigenvalue weighted by Gasteiger charge is 2.15. The number of nitrogens with zero attached hydrogens (tertiary/aromatic N) is 2. The lowest BCUT2D eigenvalue weighted by Crippen LogP contribution is -1.89. The zero-order valence-corrected chi connectivity index (χ0v) is 6.63. The lowest BCUT2D eigenvalue weighted by molar-refractivity contribution is 1.36. The van der Waals surface area contributed by atoms with Gasteiger partial charge in [0, 0.05) is 11.3 Å². The topological polar surface area (TPSA) is 54.2 Å². The van der Waals surface area contributed by atoms with E-state index in [-0.39, 0.29) is 0 Å². The Balaban J connectivity index is 3.44.